The molecule has 0 saturated carbocycles. The molecule has 0 bridgehead atoms. The number of aliphatic imine (C=N–C) groups is 1. The first kappa shape index (κ1) is 14.5. The van der Waals surface area contributed by atoms with E-state index in [1.54, 1.807) is 7.11 Å². The number of allylic oxidation sites excluding steroid dienone is 1. The van der Waals surface area contributed by atoms with Gasteiger partial charge in [-0.1, -0.05) is 54.6 Å². The highest BCUT2D eigenvalue weighted by molar-refractivity contribution is 5.73. The molecule has 1 N–H and O–H groups in total. The van der Waals surface area contributed by atoms with E-state index < -0.39 is 0 Å². The van der Waals surface area contributed by atoms with Gasteiger partial charge in [0.1, 0.15) is 5.75 Å². The minimum Gasteiger partial charge on any atom is -0.496 e. The van der Waals surface area contributed by atoms with Crippen LogP contribution in [0, 0.1) is 0 Å². The molecule has 0 spiro atoms. The van der Waals surface area contributed by atoms with E-state index in [-0.39, 0.29) is 5.54 Å². The van der Waals surface area contributed by atoms with Crippen molar-refractivity contribution in [3.63, 3.8) is 0 Å². The smallest absolute Gasteiger partial charge is 0.123 e. The van der Waals surface area contributed by atoms with Gasteiger partial charge in [-0.05, 0) is 17.7 Å². The van der Waals surface area contributed by atoms with Gasteiger partial charge in [0, 0.05) is 18.3 Å². The molecular formula is C19H20N2O. The average Bonchev–Trinajstić information content (AvgIpc) is 2.62. The molecule has 3 rings (SSSR count). The first-order valence-corrected chi connectivity index (χ1v) is 7.44. The maximum absolute atomic E-state index is 5.44. The van der Waals surface area contributed by atoms with E-state index in [4.69, 9.17) is 4.74 Å². The molecule has 0 aliphatic carbocycles. The van der Waals surface area contributed by atoms with Crippen LogP contribution in [-0.2, 0) is 12.1 Å². The molecule has 1 heterocycles. The Morgan fingerprint density at radius 3 is 2.59 bits per heavy atom. The molecule has 0 fully saturated rings. The third-order valence-corrected chi connectivity index (χ3v) is 3.99. The molecule has 0 radical (unpaired) electrons. The van der Waals surface area contributed by atoms with Crippen LogP contribution in [0.25, 0.3) is 0 Å². The van der Waals surface area contributed by atoms with Gasteiger partial charge in [0.15, 0.2) is 0 Å². The number of dihydropyridines is 1. The van der Waals surface area contributed by atoms with E-state index >= 15 is 0 Å². The molecule has 3 nitrogen and oxygen atoms in total. The zero-order valence-corrected chi connectivity index (χ0v) is 12.7. The quantitative estimate of drug-likeness (QED) is 0.917. The summed E-state index contributed by atoms with van der Waals surface area (Å²) in [5, 5.41) is 3.66. The van der Waals surface area contributed by atoms with Crippen molar-refractivity contribution >= 4 is 6.21 Å². The fourth-order valence-electron chi connectivity index (χ4n) is 2.76. The number of para-hydroxylation sites is 1. The number of nitrogens with zero attached hydrogens (tertiary/aromatic N) is 1. The lowest BCUT2D eigenvalue weighted by Crippen LogP contribution is -2.44. The minimum absolute atomic E-state index is 0.267. The third kappa shape index (κ3) is 2.95. The highest BCUT2D eigenvalue weighted by Crippen LogP contribution is 2.27. The average molecular weight is 292 g/mol. The van der Waals surface area contributed by atoms with E-state index in [0.717, 1.165) is 17.9 Å². The predicted octanol–water partition coefficient (Wildman–Crippen LogP) is 3.32. The lowest BCUT2D eigenvalue weighted by molar-refractivity contribution is 0.391. The van der Waals surface area contributed by atoms with Gasteiger partial charge in [0.05, 0.1) is 19.2 Å². The maximum Gasteiger partial charge on any atom is 0.123 e. The Morgan fingerprint density at radius 1 is 1.09 bits per heavy atom. The summed E-state index contributed by atoms with van der Waals surface area (Å²) in [6, 6.07) is 18.5. The van der Waals surface area contributed by atoms with Gasteiger partial charge < -0.3 is 4.74 Å². The number of methoxy groups -OCH3 is 1. The van der Waals surface area contributed by atoms with E-state index in [2.05, 4.69) is 46.7 Å². The van der Waals surface area contributed by atoms with Crippen LogP contribution in [0.5, 0.6) is 5.75 Å². The van der Waals surface area contributed by atoms with E-state index in [9.17, 15) is 0 Å². The van der Waals surface area contributed by atoms with Crippen LogP contribution in [0.4, 0.5) is 0 Å². The topological polar surface area (TPSA) is 33.6 Å². The van der Waals surface area contributed by atoms with Crippen LogP contribution in [0.15, 0.2) is 71.7 Å². The third-order valence-electron chi connectivity index (χ3n) is 3.99. The van der Waals surface area contributed by atoms with Gasteiger partial charge in [-0.15, -0.1) is 0 Å². The highest BCUT2D eigenvalue weighted by atomic mass is 16.5. The van der Waals surface area contributed by atoms with Crippen LogP contribution in [-0.4, -0.2) is 19.9 Å². The normalized spacial score (nSPS) is 20.0. The molecule has 2 aromatic rings. The number of hydrogen-bond acceptors (Lipinski definition) is 3. The Morgan fingerprint density at radius 2 is 1.86 bits per heavy atom. The zero-order chi connectivity index (χ0) is 15.3. The first-order chi connectivity index (χ1) is 10.8. The Bertz CT molecular complexity index is 679. The maximum atomic E-state index is 5.44. The molecule has 3 heteroatoms. The molecule has 1 atom stereocenters. The van der Waals surface area contributed by atoms with Crippen molar-refractivity contribution in [3.05, 3.63) is 77.9 Å². The number of benzene rings is 2. The summed E-state index contributed by atoms with van der Waals surface area (Å²) in [4.78, 5) is 4.46. The summed E-state index contributed by atoms with van der Waals surface area (Å²) < 4.78 is 5.44. The van der Waals surface area contributed by atoms with E-state index in [0.29, 0.717) is 6.54 Å². The summed E-state index contributed by atoms with van der Waals surface area (Å²) in [6.07, 6.45) is 6.04. The number of nitrogens with one attached hydrogen (secondary N) is 1. The standard InChI is InChI=1S/C19H20N2O/c1-22-18-11-6-5-8-16(18)14-21-19(12-7-13-20-15-19)17-9-3-2-4-10-17/h2-13,21H,14-15H2,1H3. The van der Waals surface area contributed by atoms with Gasteiger partial charge in [0.25, 0.3) is 0 Å². The summed E-state index contributed by atoms with van der Waals surface area (Å²) in [7, 11) is 1.70. The lowest BCUT2D eigenvalue weighted by Gasteiger charge is -2.33. The van der Waals surface area contributed by atoms with E-state index in [1.165, 1.54) is 5.56 Å². The van der Waals surface area contributed by atoms with Crippen molar-refractivity contribution in [2.75, 3.05) is 13.7 Å². The molecule has 1 unspecified atom stereocenters. The van der Waals surface area contributed by atoms with Gasteiger partial charge >= 0.3 is 0 Å². The van der Waals surface area contributed by atoms with Gasteiger partial charge in [-0.3, -0.25) is 10.3 Å². The molecule has 2 aromatic carbocycles. The Balaban J connectivity index is 1.86. The Kier molecular flexibility index (Phi) is 4.35. The van der Waals surface area contributed by atoms with E-state index in [1.807, 2.05) is 36.6 Å². The van der Waals surface area contributed by atoms with Crippen LogP contribution in [0.1, 0.15) is 11.1 Å². The fraction of sp³-hybridized carbons (Fsp3) is 0.211. The highest BCUT2D eigenvalue weighted by Gasteiger charge is 2.29. The summed E-state index contributed by atoms with van der Waals surface area (Å²) in [5.41, 5.74) is 2.10. The molecule has 22 heavy (non-hydrogen) atoms. The lowest BCUT2D eigenvalue weighted by atomic mass is 9.88. The van der Waals surface area contributed by atoms with Crippen LogP contribution in [0.2, 0.25) is 0 Å². The number of ether oxygens (including phenoxy) is 1. The second-order valence-electron chi connectivity index (χ2n) is 5.35. The van der Waals surface area contributed by atoms with Crippen LogP contribution >= 0.6 is 0 Å². The molecule has 112 valence electrons. The summed E-state index contributed by atoms with van der Waals surface area (Å²) >= 11 is 0. The van der Waals surface area contributed by atoms with Gasteiger partial charge in [-0.2, -0.15) is 0 Å². The molecule has 1 aliphatic heterocycles. The fourth-order valence-corrected chi connectivity index (χ4v) is 2.76. The second-order valence-corrected chi connectivity index (χ2v) is 5.35. The first-order valence-electron chi connectivity index (χ1n) is 7.44. The molecule has 0 aromatic heterocycles. The van der Waals surface area contributed by atoms with Crippen molar-refractivity contribution in [2.45, 2.75) is 12.1 Å². The Labute approximate surface area is 131 Å². The monoisotopic (exact) mass is 292 g/mol. The Hall–Kier alpha value is -2.39. The number of rotatable bonds is 5. The van der Waals surface area contributed by atoms with Crippen molar-refractivity contribution in [1.29, 1.82) is 0 Å². The van der Waals surface area contributed by atoms with Crippen LogP contribution < -0.4 is 10.1 Å². The van der Waals surface area contributed by atoms with Gasteiger partial charge in [0.2, 0.25) is 0 Å². The molecule has 0 amide bonds. The SMILES string of the molecule is COc1ccccc1CNC1(c2ccccc2)C=CC=NC1. The number of hydrogen-bond donors (Lipinski definition) is 1. The van der Waals surface area contributed by atoms with Gasteiger partial charge in [-0.25, -0.2) is 0 Å². The molecular weight excluding hydrogens is 272 g/mol. The molecule has 1 aliphatic rings. The zero-order valence-electron chi connectivity index (χ0n) is 12.7. The minimum atomic E-state index is -0.267. The van der Waals surface area contributed by atoms with Crippen molar-refractivity contribution in [2.24, 2.45) is 4.99 Å². The largest absolute Gasteiger partial charge is 0.496 e. The van der Waals surface area contributed by atoms with Crippen molar-refractivity contribution in [1.82, 2.24) is 5.32 Å². The predicted molar refractivity (Wildman–Crippen MR) is 90.5 cm³/mol. The summed E-state index contributed by atoms with van der Waals surface area (Å²) in [6.45, 7) is 1.42. The molecule has 0 saturated heterocycles. The van der Waals surface area contributed by atoms with Crippen molar-refractivity contribution in [3.8, 4) is 5.75 Å². The second kappa shape index (κ2) is 6.58. The summed E-state index contributed by atoms with van der Waals surface area (Å²) in [5.74, 6) is 0.904. The van der Waals surface area contributed by atoms with Crippen LogP contribution in [0.3, 0.4) is 0 Å². The van der Waals surface area contributed by atoms with Crippen molar-refractivity contribution < 1.29 is 4.74 Å².